The van der Waals surface area contributed by atoms with Gasteiger partial charge in [-0.3, -0.25) is 9.69 Å². The summed E-state index contributed by atoms with van der Waals surface area (Å²) in [5.74, 6) is 0.202. The van der Waals surface area contributed by atoms with Gasteiger partial charge >= 0.3 is 0 Å². The van der Waals surface area contributed by atoms with Crippen LogP contribution >= 0.6 is 0 Å². The molecule has 3 aromatic rings. The summed E-state index contributed by atoms with van der Waals surface area (Å²) in [4.78, 5) is 20.6. The van der Waals surface area contributed by atoms with Crippen LogP contribution in [0.5, 0.6) is 0 Å². The Bertz CT molecular complexity index is 1040. The molecule has 5 rings (SSSR count). The van der Waals surface area contributed by atoms with Crippen molar-refractivity contribution in [2.45, 2.75) is 25.8 Å². The van der Waals surface area contributed by atoms with Crippen LogP contribution in [0.4, 0.5) is 4.39 Å². The van der Waals surface area contributed by atoms with Crippen molar-refractivity contribution < 1.29 is 9.18 Å². The molecule has 1 fully saturated rings. The van der Waals surface area contributed by atoms with Gasteiger partial charge in [0.2, 0.25) is 0 Å². The van der Waals surface area contributed by atoms with Crippen LogP contribution in [0.25, 0.3) is 10.9 Å². The summed E-state index contributed by atoms with van der Waals surface area (Å²) in [6.07, 6.45) is 3.12. The van der Waals surface area contributed by atoms with Gasteiger partial charge in [-0.05, 0) is 55.0 Å². The Morgan fingerprint density at radius 1 is 1.07 bits per heavy atom. The highest BCUT2D eigenvalue weighted by Crippen LogP contribution is 2.29. The van der Waals surface area contributed by atoms with E-state index in [1.165, 1.54) is 34.3 Å². The first-order valence-corrected chi connectivity index (χ1v) is 10.5. The second-order valence-electron chi connectivity index (χ2n) is 8.36. The first-order chi connectivity index (χ1) is 14.2. The maximum absolute atomic E-state index is 13.4. The van der Waals surface area contributed by atoms with Crippen molar-refractivity contribution in [2.24, 2.45) is 5.92 Å². The van der Waals surface area contributed by atoms with E-state index in [4.69, 9.17) is 0 Å². The molecule has 0 unspecified atom stereocenters. The first-order valence-electron chi connectivity index (χ1n) is 10.5. The quantitative estimate of drug-likeness (QED) is 0.726. The number of halogens is 1. The summed E-state index contributed by atoms with van der Waals surface area (Å²) in [7, 11) is 0. The van der Waals surface area contributed by atoms with E-state index in [2.05, 4.69) is 34.1 Å². The summed E-state index contributed by atoms with van der Waals surface area (Å²) in [5, 5.41) is 1.37. The van der Waals surface area contributed by atoms with Gasteiger partial charge < -0.3 is 9.88 Å². The Hall–Kier alpha value is -2.66. The number of likely N-dealkylation sites (tertiary alicyclic amines) is 1. The molecule has 3 heterocycles. The second-order valence-corrected chi connectivity index (χ2v) is 8.36. The molecule has 1 saturated heterocycles. The van der Waals surface area contributed by atoms with Crippen LogP contribution in [0.15, 0.2) is 48.5 Å². The highest BCUT2D eigenvalue weighted by Gasteiger charge is 2.27. The molecule has 2 aliphatic rings. The molecule has 150 valence electrons. The molecule has 2 aromatic carbocycles. The van der Waals surface area contributed by atoms with Gasteiger partial charge in [0.1, 0.15) is 5.82 Å². The monoisotopic (exact) mass is 391 g/mol. The van der Waals surface area contributed by atoms with Crippen LogP contribution in [-0.4, -0.2) is 46.9 Å². The number of fused-ring (bicyclic) bond motifs is 3. The van der Waals surface area contributed by atoms with Gasteiger partial charge in [0.25, 0.3) is 5.91 Å². The van der Waals surface area contributed by atoms with Gasteiger partial charge in [-0.1, -0.05) is 24.3 Å². The minimum atomic E-state index is -0.354. The third kappa shape index (κ3) is 3.67. The average molecular weight is 391 g/mol. The number of hydrogen-bond donors (Lipinski definition) is 1. The van der Waals surface area contributed by atoms with E-state index in [9.17, 15) is 9.18 Å². The molecular formula is C24H26FN3O. The topological polar surface area (TPSA) is 39.3 Å². The molecule has 1 N–H and O–H groups in total. The van der Waals surface area contributed by atoms with Crippen molar-refractivity contribution in [1.82, 2.24) is 14.8 Å². The number of nitrogens with one attached hydrogen (secondary N) is 1. The van der Waals surface area contributed by atoms with Crippen molar-refractivity contribution in [3.8, 4) is 0 Å². The van der Waals surface area contributed by atoms with Gasteiger partial charge in [-0.15, -0.1) is 0 Å². The van der Waals surface area contributed by atoms with Gasteiger partial charge in [0, 0.05) is 54.9 Å². The maximum atomic E-state index is 13.4. The van der Waals surface area contributed by atoms with Crippen LogP contribution in [-0.2, 0) is 13.0 Å². The number of H-pyrrole nitrogens is 1. The number of carbonyl (C=O) groups excluding carboxylic acids is 1. The number of rotatable bonds is 3. The minimum absolute atomic E-state index is 0.0522. The molecular weight excluding hydrogens is 365 g/mol. The molecule has 4 nitrogen and oxygen atoms in total. The molecule has 2 aliphatic heterocycles. The minimum Gasteiger partial charge on any atom is -0.357 e. The van der Waals surface area contributed by atoms with E-state index in [-0.39, 0.29) is 11.7 Å². The Morgan fingerprint density at radius 2 is 1.90 bits per heavy atom. The summed E-state index contributed by atoms with van der Waals surface area (Å²) < 4.78 is 13.4. The van der Waals surface area contributed by atoms with Gasteiger partial charge in [-0.25, -0.2) is 4.39 Å². The fourth-order valence-corrected chi connectivity index (χ4v) is 4.89. The first kappa shape index (κ1) is 18.4. The highest BCUT2D eigenvalue weighted by atomic mass is 19.1. The predicted molar refractivity (Wildman–Crippen MR) is 112 cm³/mol. The Kier molecular flexibility index (Phi) is 4.84. The van der Waals surface area contributed by atoms with Crippen molar-refractivity contribution in [3.63, 3.8) is 0 Å². The molecule has 0 saturated carbocycles. The van der Waals surface area contributed by atoms with Crippen molar-refractivity contribution in [1.29, 1.82) is 0 Å². The highest BCUT2D eigenvalue weighted by molar-refractivity contribution is 5.94. The van der Waals surface area contributed by atoms with Crippen molar-refractivity contribution >= 4 is 16.8 Å². The fourth-order valence-electron chi connectivity index (χ4n) is 4.89. The lowest BCUT2D eigenvalue weighted by Gasteiger charge is -2.36. The zero-order chi connectivity index (χ0) is 19.8. The molecule has 0 atom stereocenters. The van der Waals surface area contributed by atoms with E-state index in [1.54, 1.807) is 12.1 Å². The molecule has 29 heavy (non-hydrogen) atoms. The summed E-state index contributed by atoms with van der Waals surface area (Å²) in [5.41, 5.74) is 4.53. The lowest BCUT2D eigenvalue weighted by Crippen LogP contribution is -2.42. The van der Waals surface area contributed by atoms with Gasteiger partial charge in [-0.2, -0.15) is 0 Å². The lowest BCUT2D eigenvalue weighted by molar-refractivity contribution is 0.0662. The number of benzene rings is 2. The number of para-hydroxylation sites is 1. The van der Waals surface area contributed by atoms with Crippen LogP contribution in [0.3, 0.4) is 0 Å². The van der Waals surface area contributed by atoms with Crippen molar-refractivity contribution in [3.05, 3.63) is 71.2 Å². The van der Waals surface area contributed by atoms with Crippen LogP contribution in [0.1, 0.15) is 34.5 Å². The number of amides is 1. The number of piperidine rings is 1. The maximum Gasteiger partial charge on any atom is 0.253 e. The zero-order valence-corrected chi connectivity index (χ0v) is 16.5. The number of carbonyl (C=O) groups is 1. The number of aromatic amines is 1. The molecule has 1 aromatic heterocycles. The molecule has 5 heteroatoms. The van der Waals surface area contributed by atoms with E-state index in [1.807, 2.05) is 4.90 Å². The zero-order valence-electron chi connectivity index (χ0n) is 16.5. The third-order valence-electron chi connectivity index (χ3n) is 6.45. The third-order valence-corrected chi connectivity index (χ3v) is 6.45. The summed E-state index contributed by atoms with van der Waals surface area (Å²) in [6.45, 7) is 4.66. The van der Waals surface area contributed by atoms with Crippen molar-refractivity contribution in [2.75, 3.05) is 26.2 Å². The standard InChI is InChI=1S/C24H26FN3O/c25-19-5-3-4-18(14-19)24(29)28-12-8-17(9-13-28)15-27-11-10-21-20-6-1-2-7-22(20)26-23(21)16-27/h1-7,14,17,26H,8-13,15-16H2. The van der Waals surface area contributed by atoms with Crippen LogP contribution in [0.2, 0.25) is 0 Å². The Morgan fingerprint density at radius 3 is 2.72 bits per heavy atom. The Balaban J connectivity index is 1.18. The SMILES string of the molecule is O=C(c1cccc(F)c1)N1CCC(CN2CCc3c([nH]c4ccccc34)C2)CC1. The van der Waals surface area contributed by atoms with Gasteiger partial charge in [0.15, 0.2) is 0 Å². The second kappa shape index (κ2) is 7.64. The Labute approximate surface area is 170 Å². The molecule has 1 amide bonds. The molecule has 0 bridgehead atoms. The van der Waals surface area contributed by atoms with E-state index >= 15 is 0 Å². The van der Waals surface area contributed by atoms with Gasteiger partial charge in [0.05, 0.1) is 0 Å². The number of hydrogen-bond acceptors (Lipinski definition) is 2. The molecule has 0 spiro atoms. The normalized spacial score (nSPS) is 18.2. The van der Waals surface area contributed by atoms with Crippen LogP contribution in [0, 0.1) is 11.7 Å². The lowest BCUT2D eigenvalue weighted by atomic mass is 9.94. The fraction of sp³-hybridized carbons (Fsp3) is 0.375. The molecule has 0 aliphatic carbocycles. The van der Waals surface area contributed by atoms with E-state index < -0.39 is 0 Å². The van der Waals surface area contributed by atoms with Crippen LogP contribution < -0.4 is 0 Å². The summed E-state index contributed by atoms with van der Waals surface area (Å²) in [6, 6.07) is 14.6. The smallest absolute Gasteiger partial charge is 0.253 e. The predicted octanol–water partition coefficient (Wildman–Crippen LogP) is 4.22. The average Bonchev–Trinajstić information content (AvgIpc) is 3.11. The molecule has 0 radical (unpaired) electrons. The van der Waals surface area contributed by atoms with E-state index in [0.29, 0.717) is 11.5 Å². The summed E-state index contributed by atoms with van der Waals surface area (Å²) >= 11 is 0. The number of aromatic nitrogens is 1. The van der Waals surface area contributed by atoms with E-state index in [0.717, 1.165) is 52.0 Å². The largest absolute Gasteiger partial charge is 0.357 e. The number of nitrogens with zero attached hydrogens (tertiary/aromatic N) is 2.